The molecule has 1 aliphatic rings. The highest BCUT2D eigenvalue weighted by atomic mass is 79.9. The Morgan fingerprint density at radius 3 is 3.00 bits per heavy atom. The van der Waals surface area contributed by atoms with E-state index in [0.29, 0.717) is 5.70 Å². The van der Waals surface area contributed by atoms with Crippen molar-refractivity contribution in [2.75, 3.05) is 6.61 Å². The zero-order chi connectivity index (χ0) is 11.3. The fourth-order valence-electron chi connectivity index (χ4n) is 0.986. The minimum absolute atomic E-state index is 0.0448. The van der Waals surface area contributed by atoms with E-state index in [0.717, 1.165) is 0 Å². The van der Waals surface area contributed by atoms with Crippen LogP contribution in [0.5, 0.6) is 0 Å². The quantitative estimate of drug-likeness (QED) is 0.332. The molecule has 0 spiro atoms. The number of ether oxygens (including phenoxy) is 1. The molecule has 0 saturated heterocycles. The first-order valence-corrected chi connectivity index (χ1v) is 5.28. The van der Waals surface area contributed by atoms with Crippen molar-refractivity contribution in [3.8, 4) is 6.07 Å². The maximum absolute atomic E-state index is 11.3. The minimum atomic E-state index is -0.634. The number of rotatable bonds is 2. The number of alkyl halides is 1. The largest absolute Gasteiger partial charge is 0.462 e. The summed E-state index contributed by atoms with van der Waals surface area (Å²) in [5, 5.41) is 8.81. The van der Waals surface area contributed by atoms with Crippen LogP contribution >= 0.6 is 15.9 Å². The van der Waals surface area contributed by atoms with Crippen molar-refractivity contribution in [1.82, 2.24) is 0 Å². The molecule has 1 unspecified atom stereocenters. The van der Waals surface area contributed by atoms with E-state index in [4.69, 9.17) is 10.00 Å². The van der Waals surface area contributed by atoms with Crippen molar-refractivity contribution in [1.29, 1.82) is 5.26 Å². The molecule has 0 aromatic rings. The highest BCUT2D eigenvalue weighted by Gasteiger charge is 2.16. The zero-order valence-corrected chi connectivity index (χ0v) is 9.69. The van der Waals surface area contributed by atoms with Crippen LogP contribution in [-0.2, 0) is 9.53 Å². The van der Waals surface area contributed by atoms with Gasteiger partial charge < -0.3 is 4.74 Å². The van der Waals surface area contributed by atoms with Crippen LogP contribution in [0, 0.1) is 11.3 Å². The molecule has 0 bridgehead atoms. The average Bonchev–Trinajstić information content (AvgIpc) is 2.22. The van der Waals surface area contributed by atoms with Crippen LogP contribution in [0.3, 0.4) is 0 Å². The number of carbonyl (C=O) groups excluding carboxylic acids is 1. The lowest BCUT2D eigenvalue weighted by atomic mass is 10.2. The number of allylic oxidation sites excluding steroid dienone is 2. The Balaban J connectivity index is 2.96. The van der Waals surface area contributed by atoms with Crippen molar-refractivity contribution < 1.29 is 9.53 Å². The lowest BCUT2D eigenvalue weighted by Gasteiger charge is -2.06. The van der Waals surface area contributed by atoms with Crippen LogP contribution in [0.1, 0.15) is 6.92 Å². The third kappa shape index (κ3) is 3.03. The minimum Gasteiger partial charge on any atom is -0.462 e. The summed E-state index contributed by atoms with van der Waals surface area (Å²) in [6.07, 6.45) is 5.01. The second-order valence-electron chi connectivity index (χ2n) is 2.67. The van der Waals surface area contributed by atoms with E-state index in [-0.39, 0.29) is 17.0 Å². The Bertz CT molecular complexity index is 375. The average molecular weight is 269 g/mol. The Morgan fingerprint density at radius 2 is 2.53 bits per heavy atom. The molecular weight excluding hydrogens is 260 g/mol. The summed E-state index contributed by atoms with van der Waals surface area (Å²) in [4.78, 5) is 15.4. The van der Waals surface area contributed by atoms with Gasteiger partial charge in [-0.1, -0.05) is 22.0 Å². The standard InChI is InChI=1S/C10H9BrN2O2/c1-2-15-10(14)8(5-12)9-4-3-7(11)6-13-9/h3-4,6-7H,2H2,1H3. The molecule has 78 valence electrons. The van der Waals surface area contributed by atoms with E-state index in [9.17, 15) is 4.79 Å². The van der Waals surface area contributed by atoms with Gasteiger partial charge in [0.2, 0.25) is 0 Å². The van der Waals surface area contributed by atoms with Gasteiger partial charge in [0.15, 0.2) is 5.57 Å². The molecule has 0 aromatic heterocycles. The van der Waals surface area contributed by atoms with Gasteiger partial charge in [0.1, 0.15) is 6.07 Å². The smallest absolute Gasteiger partial charge is 0.351 e. The lowest BCUT2D eigenvalue weighted by Crippen LogP contribution is -2.10. The van der Waals surface area contributed by atoms with Gasteiger partial charge in [0, 0.05) is 6.21 Å². The number of dihydropyridines is 1. The predicted octanol–water partition coefficient (Wildman–Crippen LogP) is 1.73. The second kappa shape index (κ2) is 5.47. The molecule has 0 fully saturated rings. The number of aliphatic imine (C=N–C) groups is 1. The van der Waals surface area contributed by atoms with Gasteiger partial charge in [0.25, 0.3) is 0 Å². The van der Waals surface area contributed by atoms with Gasteiger partial charge in [-0.2, -0.15) is 5.26 Å². The SMILES string of the molecule is CCOC(=O)C(C#N)=C1C=CC(Br)C=N1. The van der Waals surface area contributed by atoms with Crippen molar-refractivity contribution in [3.63, 3.8) is 0 Å². The first kappa shape index (κ1) is 11.7. The number of carbonyl (C=O) groups is 1. The Kier molecular flexibility index (Phi) is 4.25. The van der Waals surface area contributed by atoms with E-state index in [1.807, 2.05) is 0 Å². The van der Waals surface area contributed by atoms with Crippen LogP contribution in [0.25, 0.3) is 0 Å². The molecule has 0 amide bonds. The van der Waals surface area contributed by atoms with E-state index < -0.39 is 5.97 Å². The predicted molar refractivity (Wildman–Crippen MR) is 59.6 cm³/mol. The molecule has 1 aliphatic heterocycles. The van der Waals surface area contributed by atoms with Crippen LogP contribution in [-0.4, -0.2) is 23.6 Å². The van der Waals surface area contributed by atoms with Crippen molar-refractivity contribution in [3.05, 3.63) is 23.4 Å². The molecule has 15 heavy (non-hydrogen) atoms. The Labute approximate surface area is 96.1 Å². The van der Waals surface area contributed by atoms with Crippen molar-refractivity contribution >= 4 is 28.1 Å². The number of hydrogen-bond donors (Lipinski definition) is 0. The lowest BCUT2D eigenvalue weighted by molar-refractivity contribution is -0.138. The number of nitriles is 1. The number of halogens is 1. The van der Waals surface area contributed by atoms with Gasteiger partial charge in [-0.3, -0.25) is 4.99 Å². The Morgan fingerprint density at radius 1 is 1.80 bits per heavy atom. The van der Waals surface area contributed by atoms with E-state index in [2.05, 4.69) is 20.9 Å². The van der Waals surface area contributed by atoms with Crippen LogP contribution in [0.4, 0.5) is 0 Å². The summed E-state index contributed by atoms with van der Waals surface area (Å²) in [6, 6.07) is 1.80. The van der Waals surface area contributed by atoms with Gasteiger partial charge in [-0.05, 0) is 13.0 Å². The maximum Gasteiger partial charge on any atom is 0.351 e. The fraction of sp³-hybridized carbons (Fsp3) is 0.300. The zero-order valence-electron chi connectivity index (χ0n) is 8.11. The first-order chi connectivity index (χ1) is 7.19. The topological polar surface area (TPSA) is 62.5 Å². The van der Waals surface area contributed by atoms with Crippen LogP contribution in [0.2, 0.25) is 0 Å². The number of hydrogen-bond acceptors (Lipinski definition) is 4. The van der Waals surface area contributed by atoms with Crippen molar-refractivity contribution in [2.24, 2.45) is 4.99 Å². The van der Waals surface area contributed by atoms with E-state index >= 15 is 0 Å². The summed E-state index contributed by atoms with van der Waals surface area (Å²) < 4.78 is 4.74. The normalized spacial score (nSPS) is 22.1. The van der Waals surface area contributed by atoms with Gasteiger partial charge in [-0.15, -0.1) is 0 Å². The molecule has 0 aliphatic carbocycles. The van der Waals surface area contributed by atoms with Crippen LogP contribution < -0.4 is 0 Å². The van der Waals surface area contributed by atoms with E-state index in [1.54, 1.807) is 31.4 Å². The molecule has 0 N–H and O–H groups in total. The molecule has 0 radical (unpaired) electrons. The summed E-state index contributed by atoms with van der Waals surface area (Å²) in [7, 11) is 0. The van der Waals surface area contributed by atoms with Gasteiger partial charge in [0.05, 0.1) is 17.1 Å². The highest BCUT2D eigenvalue weighted by Crippen LogP contribution is 2.15. The molecule has 4 nitrogen and oxygen atoms in total. The molecule has 0 saturated carbocycles. The summed E-state index contributed by atoms with van der Waals surface area (Å²) in [5.41, 5.74) is 0.274. The third-order valence-electron chi connectivity index (χ3n) is 1.64. The van der Waals surface area contributed by atoms with Crippen molar-refractivity contribution in [2.45, 2.75) is 11.8 Å². The first-order valence-electron chi connectivity index (χ1n) is 4.37. The molecule has 1 atom stereocenters. The molecule has 5 heteroatoms. The molecule has 1 heterocycles. The van der Waals surface area contributed by atoms with Gasteiger partial charge >= 0.3 is 5.97 Å². The van der Waals surface area contributed by atoms with Crippen LogP contribution in [0.15, 0.2) is 28.4 Å². The summed E-state index contributed by atoms with van der Waals surface area (Å²) in [5.74, 6) is -0.634. The third-order valence-corrected chi connectivity index (χ3v) is 2.18. The molecule has 0 aromatic carbocycles. The van der Waals surface area contributed by atoms with Gasteiger partial charge in [-0.25, -0.2) is 4.79 Å². The second-order valence-corrected chi connectivity index (χ2v) is 3.73. The fourth-order valence-corrected chi connectivity index (χ4v) is 1.26. The number of nitrogens with zero attached hydrogens (tertiary/aromatic N) is 2. The summed E-state index contributed by atoms with van der Waals surface area (Å²) >= 11 is 3.30. The number of esters is 1. The maximum atomic E-state index is 11.3. The highest BCUT2D eigenvalue weighted by molar-refractivity contribution is 9.10. The molecular formula is C10H9BrN2O2. The monoisotopic (exact) mass is 268 g/mol. The molecule has 1 rings (SSSR count). The summed E-state index contributed by atoms with van der Waals surface area (Å²) in [6.45, 7) is 1.93. The van der Waals surface area contributed by atoms with E-state index in [1.165, 1.54) is 0 Å². The Hall–Kier alpha value is -1.41.